The largest absolute Gasteiger partial charge is 0.492 e. The Balaban J connectivity index is 1.38. The lowest BCUT2D eigenvalue weighted by Gasteiger charge is -2.29. The van der Waals surface area contributed by atoms with Crippen LogP contribution in [-0.2, 0) is 14.3 Å². The molecule has 9 heteroatoms. The zero-order valence-electron chi connectivity index (χ0n) is 21.3. The third-order valence-electron chi connectivity index (χ3n) is 5.88. The van der Waals surface area contributed by atoms with E-state index in [1.54, 1.807) is 18.5 Å². The first kappa shape index (κ1) is 27.0. The van der Waals surface area contributed by atoms with Gasteiger partial charge in [0, 0.05) is 29.9 Å². The quantitative estimate of drug-likeness (QED) is 0.416. The van der Waals surface area contributed by atoms with Crippen molar-refractivity contribution in [3.8, 4) is 16.9 Å². The van der Waals surface area contributed by atoms with Crippen molar-refractivity contribution in [3.63, 3.8) is 0 Å². The number of benzene rings is 1. The number of hydrogen-bond donors (Lipinski definition) is 2. The fraction of sp³-hybridized carbons (Fsp3) is 0.481. The molecule has 2 N–H and O–H groups in total. The van der Waals surface area contributed by atoms with Crippen LogP contribution < -0.4 is 15.4 Å². The highest BCUT2D eigenvalue weighted by Gasteiger charge is 2.28. The predicted octanol–water partition coefficient (Wildman–Crippen LogP) is 4.11. The monoisotopic (exact) mass is 497 g/mol. The molecule has 0 unspecified atom stereocenters. The molecule has 1 aliphatic rings. The minimum atomic E-state index is -0.529. The number of aromatic nitrogens is 1. The van der Waals surface area contributed by atoms with E-state index in [2.05, 4.69) is 15.6 Å². The van der Waals surface area contributed by atoms with E-state index in [4.69, 9.17) is 14.2 Å². The van der Waals surface area contributed by atoms with Crippen LogP contribution in [0.25, 0.3) is 11.1 Å². The van der Waals surface area contributed by atoms with Gasteiger partial charge in [0.25, 0.3) is 0 Å². The first-order valence-electron chi connectivity index (χ1n) is 12.2. The maximum atomic E-state index is 12.5. The standard InChI is InChI=1S/C27H35N3O6/c1-27(2,3)36-26(33)30-20-9-5-19(6-10-20)24(31)29-15-16-35-21-11-7-18(8-12-21)23-17-28-14-13-22(23)25(32)34-4/h7-8,11-14,17,19-20H,5-6,9-10,15-16H2,1-4H3,(H,29,31)(H,30,33). The number of pyridine rings is 1. The van der Waals surface area contributed by atoms with Crippen molar-refractivity contribution >= 4 is 18.0 Å². The summed E-state index contributed by atoms with van der Waals surface area (Å²) in [5.41, 5.74) is 1.41. The molecule has 0 atom stereocenters. The van der Waals surface area contributed by atoms with Gasteiger partial charge in [0.1, 0.15) is 18.0 Å². The number of rotatable bonds is 8. The van der Waals surface area contributed by atoms with E-state index < -0.39 is 17.7 Å². The number of methoxy groups -OCH3 is 1. The molecule has 2 amide bonds. The topological polar surface area (TPSA) is 116 Å². The van der Waals surface area contributed by atoms with Crippen LogP contribution >= 0.6 is 0 Å². The van der Waals surface area contributed by atoms with E-state index in [9.17, 15) is 14.4 Å². The summed E-state index contributed by atoms with van der Waals surface area (Å²) in [4.78, 5) is 40.5. The summed E-state index contributed by atoms with van der Waals surface area (Å²) in [5, 5.41) is 5.83. The molecule has 1 fully saturated rings. The van der Waals surface area contributed by atoms with E-state index in [1.165, 1.54) is 7.11 Å². The van der Waals surface area contributed by atoms with Crippen molar-refractivity contribution in [3.05, 3.63) is 48.3 Å². The van der Waals surface area contributed by atoms with Gasteiger partial charge in [-0.25, -0.2) is 9.59 Å². The van der Waals surface area contributed by atoms with Gasteiger partial charge in [-0.3, -0.25) is 9.78 Å². The Labute approximate surface area is 211 Å². The Morgan fingerprint density at radius 1 is 1.03 bits per heavy atom. The minimum Gasteiger partial charge on any atom is -0.492 e. The summed E-state index contributed by atoms with van der Waals surface area (Å²) >= 11 is 0. The van der Waals surface area contributed by atoms with Gasteiger partial charge in [0.15, 0.2) is 0 Å². The second kappa shape index (κ2) is 12.4. The van der Waals surface area contributed by atoms with Crippen LogP contribution in [-0.4, -0.2) is 54.9 Å². The van der Waals surface area contributed by atoms with Crippen molar-refractivity contribution in [2.24, 2.45) is 5.92 Å². The number of nitrogens with zero attached hydrogens (tertiary/aromatic N) is 1. The van der Waals surface area contributed by atoms with Gasteiger partial charge in [0.2, 0.25) is 5.91 Å². The lowest BCUT2D eigenvalue weighted by Crippen LogP contribution is -2.43. The molecule has 1 aliphatic carbocycles. The van der Waals surface area contributed by atoms with E-state index in [0.717, 1.165) is 31.2 Å². The van der Waals surface area contributed by atoms with Crippen LogP contribution in [0.5, 0.6) is 5.75 Å². The molecule has 1 aromatic heterocycles. The fourth-order valence-electron chi connectivity index (χ4n) is 4.10. The number of alkyl carbamates (subject to hydrolysis) is 1. The Bertz CT molecular complexity index is 1040. The number of carbonyl (C=O) groups is 3. The summed E-state index contributed by atoms with van der Waals surface area (Å²) in [7, 11) is 1.34. The molecule has 3 rings (SSSR count). The average Bonchev–Trinajstić information content (AvgIpc) is 2.85. The first-order valence-corrected chi connectivity index (χ1v) is 12.2. The molecular formula is C27H35N3O6. The maximum Gasteiger partial charge on any atom is 0.407 e. The van der Waals surface area contributed by atoms with E-state index in [0.29, 0.717) is 30.0 Å². The minimum absolute atomic E-state index is 0.0107. The van der Waals surface area contributed by atoms with Gasteiger partial charge in [-0.05, 0) is 70.2 Å². The van der Waals surface area contributed by atoms with E-state index >= 15 is 0 Å². The van der Waals surface area contributed by atoms with Gasteiger partial charge in [0.05, 0.1) is 19.2 Å². The number of ether oxygens (including phenoxy) is 3. The number of carbonyl (C=O) groups excluding carboxylic acids is 3. The second-order valence-corrected chi connectivity index (χ2v) is 9.77. The van der Waals surface area contributed by atoms with Crippen LogP contribution in [0.2, 0.25) is 0 Å². The lowest BCUT2D eigenvalue weighted by molar-refractivity contribution is -0.126. The summed E-state index contributed by atoms with van der Waals surface area (Å²) < 4.78 is 15.9. The van der Waals surface area contributed by atoms with Gasteiger partial charge in [-0.1, -0.05) is 12.1 Å². The molecule has 1 aromatic carbocycles. The number of hydrogen-bond acceptors (Lipinski definition) is 7. The van der Waals surface area contributed by atoms with Crippen molar-refractivity contribution in [2.75, 3.05) is 20.3 Å². The summed E-state index contributed by atoms with van der Waals surface area (Å²) in [5.74, 6) is 0.183. The van der Waals surface area contributed by atoms with Crippen molar-refractivity contribution in [1.82, 2.24) is 15.6 Å². The van der Waals surface area contributed by atoms with Gasteiger partial charge in [-0.2, -0.15) is 0 Å². The van der Waals surface area contributed by atoms with Gasteiger partial charge >= 0.3 is 12.1 Å². The van der Waals surface area contributed by atoms with Crippen molar-refractivity contribution in [1.29, 1.82) is 0 Å². The summed E-state index contributed by atoms with van der Waals surface area (Å²) in [6, 6.07) is 8.97. The Morgan fingerprint density at radius 2 is 1.72 bits per heavy atom. The van der Waals surface area contributed by atoms with Crippen LogP contribution in [0.15, 0.2) is 42.7 Å². The highest BCUT2D eigenvalue weighted by atomic mass is 16.6. The molecule has 0 radical (unpaired) electrons. The molecule has 0 saturated heterocycles. The molecule has 0 bridgehead atoms. The Morgan fingerprint density at radius 3 is 2.36 bits per heavy atom. The molecule has 1 saturated carbocycles. The fourth-order valence-corrected chi connectivity index (χ4v) is 4.10. The van der Waals surface area contributed by atoms with Gasteiger partial charge in [-0.15, -0.1) is 0 Å². The van der Waals surface area contributed by atoms with Crippen LogP contribution in [0.1, 0.15) is 56.8 Å². The molecule has 0 spiro atoms. The number of esters is 1. The first-order chi connectivity index (χ1) is 17.2. The van der Waals surface area contributed by atoms with Crippen LogP contribution in [0.3, 0.4) is 0 Å². The molecular weight excluding hydrogens is 462 g/mol. The predicted molar refractivity (Wildman–Crippen MR) is 135 cm³/mol. The summed E-state index contributed by atoms with van der Waals surface area (Å²) in [6.45, 7) is 6.22. The summed E-state index contributed by atoms with van der Waals surface area (Å²) in [6.07, 6.45) is 5.69. The zero-order chi connectivity index (χ0) is 26.1. The zero-order valence-corrected chi connectivity index (χ0v) is 21.3. The second-order valence-electron chi connectivity index (χ2n) is 9.77. The smallest absolute Gasteiger partial charge is 0.407 e. The SMILES string of the molecule is COC(=O)c1ccncc1-c1ccc(OCCNC(=O)C2CCC(NC(=O)OC(C)(C)C)CC2)cc1. The molecule has 0 aliphatic heterocycles. The molecule has 2 aromatic rings. The Kier molecular flexibility index (Phi) is 9.27. The molecule has 194 valence electrons. The third kappa shape index (κ3) is 7.96. The van der Waals surface area contributed by atoms with Gasteiger partial charge < -0.3 is 24.8 Å². The maximum absolute atomic E-state index is 12.5. The molecule has 9 nitrogen and oxygen atoms in total. The normalized spacial score (nSPS) is 17.6. The lowest BCUT2D eigenvalue weighted by atomic mass is 9.85. The van der Waals surface area contributed by atoms with E-state index in [1.807, 2.05) is 45.0 Å². The van der Waals surface area contributed by atoms with Crippen LogP contribution in [0, 0.1) is 5.92 Å². The highest BCUT2D eigenvalue weighted by molar-refractivity contribution is 5.96. The van der Waals surface area contributed by atoms with Crippen molar-refractivity contribution < 1.29 is 28.6 Å². The van der Waals surface area contributed by atoms with E-state index in [-0.39, 0.29) is 17.9 Å². The average molecular weight is 498 g/mol. The van der Waals surface area contributed by atoms with Crippen molar-refractivity contribution in [2.45, 2.75) is 58.1 Å². The highest BCUT2D eigenvalue weighted by Crippen LogP contribution is 2.26. The number of nitrogens with one attached hydrogen (secondary N) is 2. The molecule has 1 heterocycles. The number of amides is 2. The molecule has 36 heavy (non-hydrogen) atoms. The third-order valence-corrected chi connectivity index (χ3v) is 5.88. The van der Waals surface area contributed by atoms with Crippen LogP contribution in [0.4, 0.5) is 4.79 Å². The Hall–Kier alpha value is -3.62.